The third kappa shape index (κ3) is 5.74. The summed E-state index contributed by atoms with van der Waals surface area (Å²) in [6.45, 7) is 3.36. The second-order valence-electron chi connectivity index (χ2n) is 2.76. The minimum Gasteiger partial charge on any atom is -0.812 e. The molecule has 4 nitrogen and oxygen atoms in total. The van der Waals surface area contributed by atoms with Gasteiger partial charge < -0.3 is 5.11 Å². The predicted molar refractivity (Wildman–Crippen MR) is 46.1 cm³/mol. The predicted octanol–water partition coefficient (Wildman–Crippen LogP) is -0.0595. The molecule has 0 N–H and O–H groups in total. The maximum atomic E-state index is 8.24. The summed E-state index contributed by atoms with van der Waals surface area (Å²) in [6, 6.07) is 0. The maximum Gasteiger partial charge on any atom is 0.243 e. The molecule has 0 aliphatic rings. The summed E-state index contributed by atoms with van der Waals surface area (Å²) in [5, 5.41) is 15.0. The molecule has 1 heterocycles. The van der Waals surface area contributed by atoms with E-state index in [4.69, 9.17) is 10.4 Å². The third-order valence-electron chi connectivity index (χ3n) is 1.59. The van der Waals surface area contributed by atoms with Crippen LogP contribution in [-0.4, -0.2) is 4.57 Å². The van der Waals surface area contributed by atoms with Gasteiger partial charge in [-0.2, -0.15) is 0 Å². The van der Waals surface area contributed by atoms with E-state index >= 15 is 0 Å². The fraction of sp³-hybridized carbons (Fsp3) is 0.556. The molecule has 0 aliphatic heterocycles. The molecule has 0 radical (unpaired) electrons. The molecular formula is C9H15N3O. The zero-order valence-corrected chi connectivity index (χ0v) is 8.10. The first kappa shape index (κ1) is 11.5. The van der Waals surface area contributed by atoms with Gasteiger partial charge in [0.25, 0.3) is 0 Å². The number of nitrogens with zero attached hydrogens (tertiary/aromatic N) is 3. The minimum atomic E-state index is 0.500. The van der Waals surface area contributed by atoms with Crippen molar-refractivity contribution >= 4 is 0 Å². The topological polar surface area (TPSA) is 55.7 Å². The molecular weight excluding hydrogens is 166 g/mol. The van der Waals surface area contributed by atoms with Gasteiger partial charge in [0, 0.05) is 6.26 Å². The summed E-state index contributed by atoms with van der Waals surface area (Å²) in [6.07, 6.45) is 9.32. The normalized spacial score (nSPS) is 8.38. The van der Waals surface area contributed by atoms with Gasteiger partial charge in [-0.3, -0.25) is 0 Å². The standard InChI is InChI=1S/C8H15N2.CHNO/c1-3-4-5-10-7-6-9(2)8-10;2-1-3/h6-8H,3-5H2,1-2H3;3H/q+1;/p-1. The van der Waals surface area contributed by atoms with E-state index in [2.05, 4.69) is 34.8 Å². The van der Waals surface area contributed by atoms with Gasteiger partial charge in [0.05, 0.1) is 13.6 Å². The van der Waals surface area contributed by atoms with E-state index in [-0.39, 0.29) is 0 Å². The fourth-order valence-corrected chi connectivity index (χ4v) is 0.975. The first-order valence-electron chi connectivity index (χ1n) is 4.26. The van der Waals surface area contributed by atoms with Crippen molar-refractivity contribution in [2.24, 2.45) is 7.05 Å². The van der Waals surface area contributed by atoms with Gasteiger partial charge in [-0.1, -0.05) is 13.3 Å². The highest BCUT2D eigenvalue weighted by Gasteiger charge is 1.96. The third-order valence-corrected chi connectivity index (χ3v) is 1.59. The van der Waals surface area contributed by atoms with Gasteiger partial charge in [0.1, 0.15) is 12.4 Å². The van der Waals surface area contributed by atoms with Gasteiger partial charge in [0.15, 0.2) is 0 Å². The smallest absolute Gasteiger partial charge is 0.243 e. The highest BCUT2D eigenvalue weighted by atomic mass is 16.2. The second kappa shape index (κ2) is 7.17. The lowest BCUT2D eigenvalue weighted by Gasteiger charge is -1.90. The number of aryl methyl sites for hydroxylation is 2. The van der Waals surface area contributed by atoms with Crippen LogP contribution in [0.5, 0.6) is 0 Å². The van der Waals surface area contributed by atoms with Crippen molar-refractivity contribution in [3.05, 3.63) is 18.7 Å². The first-order chi connectivity index (χ1) is 6.24. The van der Waals surface area contributed by atoms with Crippen molar-refractivity contribution in [3.63, 3.8) is 0 Å². The van der Waals surface area contributed by atoms with Crippen LogP contribution in [0.3, 0.4) is 0 Å². The Morgan fingerprint density at radius 3 is 2.62 bits per heavy atom. The van der Waals surface area contributed by atoms with Crippen molar-refractivity contribution in [3.8, 4) is 6.26 Å². The molecule has 0 saturated carbocycles. The van der Waals surface area contributed by atoms with Crippen LogP contribution in [0.4, 0.5) is 0 Å². The Balaban J connectivity index is 0.000000424. The number of hydrogen-bond acceptors (Lipinski definition) is 2. The number of imidazole rings is 1. The largest absolute Gasteiger partial charge is 0.812 e. The number of unbranched alkanes of at least 4 members (excludes halogenated alkanes) is 1. The SMILES string of the molecule is CCCC[n+]1ccn(C)c1.N#C[O-]. The molecule has 0 fully saturated rings. The van der Waals surface area contributed by atoms with E-state index in [1.807, 2.05) is 7.05 Å². The molecule has 4 heteroatoms. The summed E-state index contributed by atoms with van der Waals surface area (Å²) in [5.74, 6) is 0. The molecule has 72 valence electrons. The van der Waals surface area contributed by atoms with Gasteiger partial charge in [0.2, 0.25) is 6.33 Å². The molecule has 0 aliphatic carbocycles. The molecule has 1 rings (SSSR count). The Hall–Kier alpha value is -1.50. The van der Waals surface area contributed by atoms with E-state index in [0.29, 0.717) is 6.26 Å². The van der Waals surface area contributed by atoms with Crippen molar-refractivity contribution in [2.75, 3.05) is 0 Å². The van der Waals surface area contributed by atoms with Crippen LogP contribution in [0.1, 0.15) is 19.8 Å². The molecule has 0 aromatic carbocycles. The summed E-state index contributed by atoms with van der Waals surface area (Å²) in [4.78, 5) is 0. The van der Waals surface area contributed by atoms with Gasteiger partial charge >= 0.3 is 0 Å². The Kier molecular flexibility index (Phi) is 6.34. The minimum absolute atomic E-state index is 0.500. The molecule has 0 unspecified atom stereocenters. The summed E-state index contributed by atoms with van der Waals surface area (Å²) >= 11 is 0. The van der Waals surface area contributed by atoms with Gasteiger partial charge in [-0.15, -0.1) is 0 Å². The quantitative estimate of drug-likeness (QED) is 0.484. The summed E-state index contributed by atoms with van der Waals surface area (Å²) in [5.41, 5.74) is 0. The molecule has 0 spiro atoms. The highest BCUT2D eigenvalue weighted by molar-refractivity contribution is 4.61. The van der Waals surface area contributed by atoms with E-state index in [1.54, 1.807) is 0 Å². The monoisotopic (exact) mass is 181 g/mol. The van der Waals surface area contributed by atoms with Crippen LogP contribution in [0.2, 0.25) is 0 Å². The molecule has 0 bridgehead atoms. The zero-order valence-electron chi connectivity index (χ0n) is 8.10. The molecule has 0 saturated heterocycles. The molecule has 13 heavy (non-hydrogen) atoms. The van der Waals surface area contributed by atoms with Crippen molar-refractivity contribution in [2.45, 2.75) is 26.3 Å². The average Bonchev–Trinajstić information content (AvgIpc) is 2.49. The molecule has 0 atom stereocenters. The van der Waals surface area contributed by atoms with Crippen LogP contribution in [0.15, 0.2) is 18.7 Å². The van der Waals surface area contributed by atoms with E-state index < -0.39 is 0 Å². The first-order valence-corrected chi connectivity index (χ1v) is 4.26. The molecule has 1 aromatic rings. The van der Waals surface area contributed by atoms with Crippen molar-refractivity contribution in [1.29, 1.82) is 5.26 Å². The van der Waals surface area contributed by atoms with Gasteiger partial charge in [-0.05, 0) is 6.42 Å². The van der Waals surface area contributed by atoms with Crippen LogP contribution in [0, 0.1) is 11.5 Å². The number of hydrogen-bond donors (Lipinski definition) is 0. The highest BCUT2D eigenvalue weighted by Crippen LogP contribution is 1.85. The molecule has 0 amide bonds. The fourth-order valence-electron chi connectivity index (χ4n) is 0.975. The van der Waals surface area contributed by atoms with E-state index in [0.717, 1.165) is 6.54 Å². The Morgan fingerprint density at radius 2 is 2.23 bits per heavy atom. The van der Waals surface area contributed by atoms with Crippen LogP contribution < -0.4 is 9.67 Å². The van der Waals surface area contributed by atoms with Crippen LogP contribution in [-0.2, 0) is 13.6 Å². The maximum absolute atomic E-state index is 8.24. The lowest BCUT2D eigenvalue weighted by molar-refractivity contribution is -0.696. The molecule has 1 aromatic heterocycles. The second-order valence-corrected chi connectivity index (χ2v) is 2.76. The number of rotatable bonds is 3. The van der Waals surface area contributed by atoms with Crippen molar-refractivity contribution < 1.29 is 9.67 Å². The summed E-state index contributed by atoms with van der Waals surface area (Å²) in [7, 11) is 2.04. The summed E-state index contributed by atoms with van der Waals surface area (Å²) < 4.78 is 4.28. The Morgan fingerprint density at radius 1 is 1.62 bits per heavy atom. The lowest BCUT2D eigenvalue weighted by Crippen LogP contribution is -2.30. The average molecular weight is 181 g/mol. The van der Waals surface area contributed by atoms with E-state index in [9.17, 15) is 0 Å². The van der Waals surface area contributed by atoms with E-state index in [1.165, 1.54) is 12.8 Å². The number of aromatic nitrogens is 2. The van der Waals surface area contributed by atoms with Crippen LogP contribution in [0.25, 0.3) is 0 Å². The Labute approximate surface area is 78.7 Å². The zero-order chi connectivity index (χ0) is 10.1. The lowest BCUT2D eigenvalue weighted by atomic mass is 10.3. The van der Waals surface area contributed by atoms with Crippen LogP contribution >= 0.6 is 0 Å². The number of nitriles is 1. The van der Waals surface area contributed by atoms with Gasteiger partial charge in [-0.25, -0.2) is 14.4 Å². The van der Waals surface area contributed by atoms with Crippen molar-refractivity contribution in [1.82, 2.24) is 4.57 Å². The Bertz CT molecular complexity index is 262.